The van der Waals surface area contributed by atoms with Crippen molar-refractivity contribution in [2.24, 2.45) is 0 Å². The lowest BCUT2D eigenvalue weighted by Crippen LogP contribution is -2.53. The van der Waals surface area contributed by atoms with E-state index in [-0.39, 0.29) is 18.5 Å². The summed E-state index contributed by atoms with van der Waals surface area (Å²) >= 11 is 15.6. The lowest BCUT2D eigenvalue weighted by atomic mass is 10.1. The van der Waals surface area contributed by atoms with Crippen LogP contribution in [0, 0.1) is 6.92 Å². The number of rotatable bonds is 10. The summed E-state index contributed by atoms with van der Waals surface area (Å²) in [5.41, 5.74) is 1.84. The Bertz CT molecular complexity index is 1190. The quantitative estimate of drug-likeness (QED) is 0.405. The fourth-order valence-corrected chi connectivity index (χ4v) is 4.94. The van der Waals surface area contributed by atoms with Crippen LogP contribution in [-0.2, 0) is 26.2 Å². The van der Waals surface area contributed by atoms with Crippen molar-refractivity contribution >= 4 is 66.7 Å². The van der Waals surface area contributed by atoms with Gasteiger partial charge in [-0.15, -0.1) is 0 Å². The highest BCUT2D eigenvalue weighted by atomic mass is 79.9. The van der Waals surface area contributed by atoms with Crippen LogP contribution in [0.5, 0.6) is 0 Å². The van der Waals surface area contributed by atoms with E-state index in [2.05, 4.69) is 21.2 Å². The van der Waals surface area contributed by atoms with E-state index in [0.717, 1.165) is 20.6 Å². The molecule has 0 spiro atoms. The smallest absolute Gasteiger partial charge is 0.244 e. The van der Waals surface area contributed by atoms with Crippen molar-refractivity contribution in [3.05, 3.63) is 62.0 Å². The van der Waals surface area contributed by atoms with E-state index in [1.54, 1.807) is 43.3 Å². The second-order valence-corrected chi connectivity index (χ2v) is 12.1. The van der Waals surface area contributed by atoms with Crippen molar-refractivity contribution < 1.29 is 18.0 Å². The Balaban J connectivity index is 2.48. The topological polar surface area (TPSA) is 86.8 Å². The molecule has 2 aromatic carbocycles. The molecule has 2 amide bonds. The summed E-state index contributed by atoms with van der Waals surface area (Å²) in [6.07, 6.45) is 1.38. The first-order valence-corrected chi connectivity index (χ1v) is 14.4. The molecule has 0 aliphatic heterocycles. The number of halogens is 3. The van der Waals surface area contributed by atoms with Crippen LogP contribution in [0.4, 0.5) is 5.69 Å². The first-order chi connectivity index (χ1) is 16.2. The molecule has 0 unspecified atom stereocenters. The first-order valence-electron chi connectivity index (χ1n) is 11.0. The third-order valence-electron chi connectivity index (χ3n) is 5.26. The van der Waals surface area contributed by atoms with Gasteiger partial charge < -0.3 is 10.2 Å². The Morgan fingerprint density at radius 2 is 1.74 bits per heavy atom. The van der Waals surface area contributed by atoms with Crippen molar-refractivity contribution in [1.82, 2.24) is 10.2 Å². The van der Waals surface area contributed by atoms with Gasteiger partial charge in [0.2, 0.25) is 21.8 Å². The minimum Gasteiger partial charge on any atom is -0.352 e. The SMILES string of the molecule is CC[C@H](C(=O)NC(C)C)N(Cc1ccc(Cl)c(Cl)c1)C(=O)CN(c1ccc(Br)c(C)c1)S(C)(=O)=O. The number of aryl methyl sites for hydroxylation is 1. The third-order valence-corrected chi connectivity index (χ3v) is 8.03. The molecule has 7 nitrogen and oxygen atoms in total. The molecule has 1 N–H and O–H groups in total. The van der Waals surface area contributed by atoms with E-state index >= 15 is 0 Å². The summed E-state index contributed by atoms with van der Waals surface area (Å²) in [6, 6.07) is 9.06. The van der Waals surface area contributed by atoms with Crippen LogP contribution in [0.1, 0.15) is 38.3 Å². The zero-order valence-corrected chi connectivity index (χ0v) is 24.2. The molecule has 2 aromatic rings. The van der Waals surface area contributed by atoms with Gasteiger partial charge in [0, 0.05) is 17.1 Å². The lowest BCUT2D eigenvalue weighted by molar-refractivity contribution is -0.140. The molecule has 35 heavy (non-hydrogen) atoms. The van der Waals surface area contributed by atoms with Crippen LogP contribution in [0.25, 0.3) is 0 Å². The Morgan fingerprint density at radius 1 is 1.09 bits per heavy atom. The van der Waals surface area contributed by atoms with Gasteiger partial charge in [0.15, 0.2) is 0 Å². The second kappa shape index (κ2) is 12.4. The van der Waals surface area contributed by atoms with Crippen LogP contribution in [0.15, 0.2) is 40.9 Å². The summed E-state index contributed by atoms with van der Waals surface area (Å²) in [7, 11) is -3.80. The fourth-order valence-electron chi connectivity index (χ4n) is 3.53. The molecule has 0 saturated carbocycles. The molecule has 0 fully saturated rings. The van der Waals surface area contributed by atoms with E-state index in [9.17, 15) is 18.0 Å². The maximum atomic E-state index is 13.6. The number of anilines is 1. The van der Waals surface area contributed by atoms with E-state index in [4.69, 9.17) is 23.2 Å². The van der Waals surface area contributed by atoms with E-state index in [1.165, 1.54) is 4.90 Å². The van der Waals surface area contributed by atoms with Crippen molar-refractivity contribution in [2.45, 2.75) is 52.7 Å². The molecule has 11 heteroatoms. The maximum absolute atomic E-state index is 13.6. The summed E-state index contributed by atoms with van der Waals surface area (Å²) in [6.45, 7) is 6.87. The van der Waals surface area contributed by atoms with Gasteiger partial charge in [0.1, 0.15) is 12.6 Å². The molecular formula is C24H30BrCl2N3O4S. The maximum Gasteiger partial charge on any atom is 0.244 e. The minimum atomic E-state index is -3.80. The van der Waals surface area contributed by atoms with Gasteiger partial charge in [-0.05, 0) is 68.7 Å². The number of amides is 2. The number of benzene rings is 2. The lowest BCUT2D eigenvalue weighted by Gasteiger charge is -2.33. The molecule has 2 rings (SSSR count). The van der Waals surface area contributed by atoms with E-state index in [0.29, 0.717) is 27.7 Å². The number of hydrogen-bond acceptors (Lipinski definition) is 4. The molecule has 0 heterocycles. The summed E-state index contributed by atoms with van der Waals surface area (Å²) in [5.74, 6) is -0.839. The first kappa shape index (κ1) is 29.4. The monoisotopic (exact) mass is 605 g/mol. The fraction of sp³-hybridized carbons (Fsp3) is 0.417. The predicted octanol–water partition coefficient (Wildman–Crippen LogP) is 5.16. The number of sulfonamides is 1. The standard InChI is InChI=1S/C24H30BrCl2N3O4S/c1-6-22(24(32)28-15(2)3)29(13-17-7-10-20(26)21(27)12-17)23(31)14-30(35(5,33)34)18-8-9-19(25)16(4)11-18/h7-12,15,22H,6,13-14H2,1-5H3,(H,28,32)/t22-/m1/s1. The second-order valence-electron chi connectivity index (χ2n) is 8.56. The van der Waals surface area contributed by atoms with Gasteiger partial charge in [-0.25, -0.2) is 8.42 Å². The van der Waals surface area contributed by atoms with Crippen molar-refractivity contribution in [2.75, 3.05) is 17.1 Å². The number of nitrogens with one attached hydrogen (secondary N) is 1. The molecular weight excluding hydrogens is 577 g/mol. The average molecular weight is 607 g/mol. The number of carbonyl (C=O) groups excluding carboxylic acids is 2. The molecule has 0 radical (unpaired) electrons. The highest BCUT2D eigenvalue weighted by Crippen LogP contribution is 2.26. The van der Waals surface area contributed by atoms with Crippen LogP contribution in [0.3, 0.4) is 0 Å². The zero-order chi connectivity index (χ0) is 26.5. The van der Waals surface area contributed by atoms with Gasteiger partial charge in [-0.2, -0.15) is 0 Å². The van der Waals surface area contributed by atoms with Gasteiger partial charge in [-0.1, -0.05) is 52.1 Å². The number of nitrogens with zero attached hydrogens (tertiary/aromatic N) is 2. The number of hydrogen-bond donors (Lipinski definition) is 1. The Labute approximate surface area is 225 Å². The number of carbonyl (C=O) groups is 2. The third kappa shape index (κ3) is 8.10. The largest absolute Gasteiger partial charge is 0.352 e. The Kier molecular flexibility index (Phi) is 10.4. The normalized spacial score (nSPS) is 12.4. The van der Waals surface area contributed by atoms with Gasteiger partial charge in [0.05, 0.1) is 22.0 Å². The molecule has 192 valence electrons. The van der Waals surface area contributed by atoms with Crippen molar-refractivity contribution in [3.63, 3.8) is 0 Å². The average Bonchev–Trinajstić information content (AvgIpc) is 2.75. The molecule has 0 aliphatic carbocycles. The summed E-state index contributed by atoms with van der Waals surface area (Å²) in [5, 5.41) is 3.53. The van der Waals surface area contributed by atoms with E-state index < -0.39 is 28.5 Å². The molecule has 0 bridgehead atoms. The molecule has 0 saturated heterocycles. The van der Waals surface area contributed by atoms with Crippen molar-refractivity contribution in [1.29, 1.82) is 0 Å². The Hall–Kier alpha value is -1.81. The van der Waals surface area contributed by atoms with E-state index in [1.807, 2.05) is 20.8 Å². The predicted molar refractivity (Wildman–Crippen MR) is 145 cm³/mol. The highest BCUT2D eigenvalue weighted by Gasteiger charge is 2.32. The Morgan fingerprint density at radius 3 is 2.26 bits per heavy atom. The molecule has 0 aliphatic rings. The highest BCUT2D eigenvalue weighted by molar-refractivity contribution is 9.10. The summed E-state index contributed by atoms with van der Waals surface area (Å²) < 4.78 is 27.2. The van der Waals surface area contributed by atoms with Gasteiger partial charge in [-0.3, -0.25) is 13.9 Å². The zero-order valence-electron chi connectivity index (χ0n) is 20.3. The molecule has 1 atom stereocenters. The summed E-state index contributed by atoms with van der Waals surface area (Å²) in [4.78, 5) is 28.0. The minimum absolute atomic E-state index is 0.0523. The van der Waals surface area contributed by atoms with Crippen molar-refractivity contribution in [3.8, 4) is 0 Å². The van der Waals surface area contributed by atoms with Crippen LogP contribution >= 0.6 is 39.1 Å². The van der Waals surface area contributed by atoms with Crippen LogP contribution in [0.2, 0.25) is 10.0 Å². The van der Waals surface area contributed by atoms with Crippen LogP contribution < -0.4 is 9.62 Å². The molecule has 0 aromatic heterocycles. The van der Waals surface area contributed by atoms with Gasteiger partial charge >= 0.3 is 0 Å². The van der Waals surface area contributed by atoms with Gasteiger partial charge in [0.25, 0.3) is 0 Å². The van der Waals surface area contributed by atoms with Crippen LogP contribution in [-0.4, -0.2) is 50.0 Å².